The van der Waals surface area contributed by atoms with E-state index in [1.165, 1.54) is 49.3 Å². The monoisotopic (exact) mass is 658 g/mol. The van der Waals surface area contributed by atoms with Crippen molar-refractivity contribution < 1.29 is 19.1 Å². The first-order valence-corrected chi connectivity index (χ1v) is 15.7. The number of unbranched alkanes of at least 4 members (excludes halogenated alkanes) is 1. The molecular formula is C31H40Cl2N8O4. The number of amides is 3. The van der Waals surface area contributed by atoms with E-state index in [4.69, 9.17) is 37.7 Å². The zero-order valence-corrected chi connectivity index (χ0v) is 27.5. The summed E-state index contributed by atoms with van der Waals surface area (Å²) in [5, 5.41) is 6.71. The molecule has 2 aliphatic rings. The molecule has 1 fully saturated rings. The molecule has 0 radical (unpaired) electrons. The smallest absolute Gasteiger partial charge is 0.330 e. The van der Waals surface area contributed by atoms with Crippen molar-refractivity contribution >= 4 is 52.6 Å². The minimum Gasteiger partial charge on any atom is -0.495 e. The van der Waals surface area contributed by atoms with Crippen molar-refractivity contribution in [1.82, 2.24) is 25.3 Å². The highest BCUT2D eigenvalue weighted by atomic mass is 35.5. The first-order valence-electron chi connectivity index (χ1n) is 15.0. The number of anilines is 3. The number of hydrogen-bond donors (Lipinski definition) is 3. The van der Waals surface area contributed by atoms with Gasteiger partial charge in [0.25, 0.3) is 0 Å². The predicted molar refractivity (Wildman–Crippen MR) is 177 cm³/mol. The number of nitrogens with one attached hydrogen (secondary N) is 3. The molecule has 1 aliphatic heterocycles. The summed E-state index contributed by atoms with van der Waals surface area (Å²) in [4.78, 5) is 45.5. The third-order valence-corrected chi connectivity index (χ3v) is 8.42. The van der Waals surface area contributed by atoms with Crippen LogP contribution < -0.4 is 29.9 Å². The van der Waals surface area contributed by atoms with Crippen molar-refractivity contribution in [2.75, 3.05) is 29.3 Å². The molecule has 3 N–H and O–H groups in total. The van der Waals surface area contributed by atoms with Gasteiger partial charge in [-0.25, -0.2) is 14.8 Å². The molecule has 5 rings (SSSR count). The molecule has 1 saturated carbocycles. The molecule has 3 heterocycles. The number of methoxy groups -OCH3 is 2. The molecule has 45 heavy (non-hydrogen) atoms. The second-order valence-electron chi connectivity index (χ2n) is 10.7. The maximum absolute atomic E-state index is 14.1. The number of halogens is 2. The van der Waals surface area contributed by atoms with Crippen LogP contribution >= 0.6 is 23.2 Å². The Labute approximate surface area is 273 Å². The number of ether oxygens (including phenoxy) is 2. The number of rotatable bonds is 10. The number of H-pyrrole nitrogens is 1. The van der Waals surface area contributed by atoms with Gasteiger partial charge in [-0.05, 0) is 18.9 Å². The molecule has 1 aromatic carbocycles. The number of imidazole rings is 1. The lowest BCUT2D eigenvalue weighted by atomic mass is 9.90. The Kier molecular flexibility index (Phi) is 11.9. The van der Waals surface area contributed by atoms with E-state index in [-0.39, 0.29) is 46.8 Å². The lowest BCUT2D eigenvalue weighted by Crippen LogP contribution is -2.49. The maximum Gasteiger partial charge on any atom is 0.330 e. The average molecular weight is 660 g/mol. The summed E-state index contributed by atoms with van der Waals surface area (Å²) < 4.78 is 10.8. The third-order valence-electron chi connectivity index (χ3n) is 7.68. The quantitative estimate of drug-likeness (QED) is 0.210. The van der Waals surface area contributed by atoms with Crippen LogP contribution in [-0.2, 0) is 17.9 Å². The summed E-state index contributed by atoms with van der Waals surface area (Å²) in [7, 11) is 2.94. The highest BCUT2D eigenvalue weighted by Crippen LogP contribution is 2.48. The zero-order chi connectivity index (χ0) is 32.5. The second-order valence-corrected chi connectivity index (χ2v) is 11.4. The van der Waals surface area contributed by atoms with Crippen LogP contribution in [0.15, 0.2) is 37.4 Å². The normalized spacial score (nSPS) is 17.5. The number of carbonyl (C=O) groups excluding carboxylic acids is 2. The SMILES string of the molecule is C=CC(=O)NC1CCCCC1Nc1ncc2c(n1)N(Cc1cnc[nH]1)C(=O)N(c1c(Cl)c(OC)cc(OC)c1Cl)C2.CCCC. The van der Waals surface area contributed by atoms with Gasteiger partial charge in [-0.2, -0.15) is 4.98 Å². The van der Waals surface area contributed by atoms with Gasteiger partial charge in [-0.15, -0.1) is 0 Å². The van der Waals surface area contributed by atoms with Crippen molar-refractivity contribution in [2.24, 2.45) is 0 Å². The molecule has 3 amide bonds. The van der Waals surface area contributed by atoms with Crippen LogP contribution in [0.25, 0.3) is 0 Å². The Bertz CT molecular complexity index is 1460. The van der Waals surface area contributed by atoms with Gasteiger partial charge in [0.15, 0.2) is 0 Å². The van der Waals surface area contributed by atoms with E-state index in [1.807, 2.05) is 0 Å². The summed E-state index contributed by atoms with van der Waals surface area (Å²) in [6.07, 6.45) is 12.4. The number of hydrogen-bond acceptors (Lipinski definition) is 8. The second kappa shape index (κ2) is 15.8. The van der Waals surface area contributed by atoms with Crippen molar-refractivity contribution in [3.63, 3.8) is 0 Å². The minimum absolute atomic E-state index is 0.0793. The largest absolute Gasteiger partial charge is 0.495 e. The maximum atomic E-state index is 14.1. The number of fused-ring (bicyclic) bond motifs is 1. The van der Waals surface area contributed by atoms with E-state index in [1.54, 1.807) is 18.5 Å². The van der Waals surface area contributed by atoms with Gasteiger partial charge in [0.1, 0.15) is 27.4 Å². The fourth-order valence-electron chi connectivity index (χ4n) is 5.14. The molecule has 2 aromatic heterocycles. The molecule has 0 spiro atoms. The van der Waals surface area contributed by atoms with E-state index in [0.717, 1.165) is 25.7 Å². The number of benzene rings is 1. The summed E-state index contributed by atoms with van der Waals surface area (Å²) in [5.74, 6) is 1.18. The van der Waals surface area contributed by atoms with Gasteiger partial charge in [-0.3, -0.25) is 14.6 Å². The van der Waals surface area contributed by atoms with E-state index in [2.05, 4.69) is 46.0 Å². The molecule has 12 nitrogen and oxygen atoms in total. The molecule has 0 bridgehead atoms. The van der Waals surface area contributed by atoms with Gasteiger partial charge in [0.2, 0.25) is 11.9 Å². The summed E-state index contributed by atoms with van der Waals surface area (Å²) >= 11 is 13.4. The Hall–Kier alpha value is -4.03. The number of carbonyl (C=O) groups is 2. The molecule has 2 unspecified atom stereocenters. The number of aromatic nitrogens is 4. The fourth-order valence-corrected chi connectivity index (χ4v) is 5.84. The zero-order valence-electron chi connectivity index (χ0n) is 26.0. The Morgan fingerprint density at radius 3 is 2.36 bits per heavy atom. The molecule has 1 aliphatic carbocycles. The first kappa shape index (κ1) is 33.9. The molecular weight excluding hydrogens is 619 g/mol. The Morgan fingerprint density at radius 1 is 1.11 bits per heavy atom. The highest BCUT2D eigenvalue weighted by molar-refractivity contribution is 6.42. The third kappa shape index (κ3) is 7.80. The number of nitrogens with zero attached hydrogens (tertiary/aromatic N) is 5. The van der Waals surface area contributed by atoms with Crippen molar-refractivity contribution in [3.05, 3.63) is 58.7 Å². The topological polar surface area (TPSA) is 138 Å². The van der Waals surface area contributed by atoms with Gasteiger partial charge in [0.05, 0.1) is 45.0 Å². The van der Waals surface area contributed by atoms with Crippen LogP contribution in [0.5, 0.6) is 11.5 Å². The molecule has 2 atom stereocenters. The fraction of sp³-hybridized carbons (Fsp3) is 0.452. The average Bonchev–Trinajstić information content (AvgIpc) is 3.57. The van der Waals surface area contributed by atoms with Crippen molar-refractivity contribution in [3.8, 4) is 11.5 Å². The molecule has 0 saturated heterocycles. The van der Waals surface area contributed by atoms with Crippen molar-refractivity contribution in [2.45, 2.75) is 77.5 Å². The van der Waals surface area contributed by atoms with E-state index in [0.29, 0.717) is 34.5 Å². The van der Waals surface area contributed by atoms with Crippen LogP contribution in [0.4, 0.5) is 22.2 Å². The van der Waals surface area contributed by atoms with Crippen molar-refractivity contribution in [1.29, 1.82) is 0 Å². The van der Waals surface area contributed by atoms with Crippen LogP contribution in [0, 0.1) is 0 Å². The van der Waals surface area contributed by atoms with Gasteiger partial charge < -0.3 is 25.1 Å². The summed E-state index contributed by atoms with van der Waals surface area (Å²) in [6, 6.07) is 0.976. The summed E-state index contributed by atoms with van der Waals surface area (Å²) in [6.45, 7) is 8.16. The minimum atomic E-state index is -0.412. The van der Waals surface area contributed by atoms with Crippen LogP contribution in [0.2, 0.25) is 10.0 Å². The first-order chi connectivity index (χ1) is 21.8. The molecule has 14 heteroatoms. The number of aromatic amines is 1. The van der Waals surface area contributed by atoms with E-state index < -0.39 is 6.03 Å². The lowest BCUT2D eigenvalue weighted by Gasteiger charge is -2.37. The lowest BCUT2D eigenvalue weighted by molar-refractivity contribution is -0.117. The van der Waals surface area contributed by atoms with Crippen LogP contribution in [-0.4, -0.2) is 58.2 Å². The predicted octanol–water partition coefficient (Wildman–Crippen LogP) is 6.50. The molecule has 3 aromatic rings. The van der Waals surface area contributed by atoms with E-state index in [9.17, 15) is 9.59 Å². The van der Waals surface area contributed by atoms with Gasteiger partial charge in [-0.1, -0.05) is 69.3 Å². The Balaban J connectivity index is 0.00000109. The van der Waals surface area contributed by atoms with Gasteiger partial charge in [0, 0.05) is 36.1 Å². The summed E-state index contributed by atoms with van der Waals surface area (Å²) in [5.41, 5.74) is 1.61. The Morgan fingerprint density at radius 2 is 1.78 bits per heavy atom. The van der Waals surface area contributed by atoms with E-state index >= 15 is 0 Å². The highest BCUT2D eigenvalue weighted by Gasteiger charge is 2.37. The number of urea groups is 1. The standard InChI is InChI=1S/C27H30Cl2N8O4.C4H10/c1-4-21(38)33-17-7-5-6-8-18(17)34-26-31-10-15-12-36(24-22(28)19(40-2)9-20(41-3)23(24)29)27(39)37(25(15)35-26)13-16-11-30-14-32-16;1-3-4-2/h4,9-11,14,17-18H,1,5-8,12-13H2,2-3H3,(H,30,32)(H,33,38)(H,31,34,35);3-4H2,1-2H3. The van der Waals surface area contributed by atoms with Crippen LogP contribution in [0.1, 0.15) is 63.6 Å². The van der Waals surface area contributed by atoms with Gasteiger partial charge >= 0.3 is 6.03 Å². The van der Waals surface area contributed by atoms with Crippen LogP contribution in [0.3, 0.4) is 0 Å². The molecule has 242 valence electrons.